The Morgan fingerprint density at radius 1 is 1.42 bits per heavy atom. The first-order valence-corrected chi connectivity index (χ1v) is 3.52. The van der Waals surface area contributed by atoms with Crippen molar-refractivity contribution < 1.29 is 50.8 Å². The molecule has 0 spiro atoms. The van der Waals surface area contributed by atoms with Crippen molar-refractivity contribution in [3.8, 4) is 0 Å². The zero-order valence-electron chi connectivity index (χ0n) is 8.41. The second-order valence-corrected chi connectivity index (χ2v) is 2.38. The maximum absolute atomic E-state index is 10.4. The van der Waals surface area contributed by atoms with Gasteiger partial charge in [0.15, 0.2) is 0 Å². The van der Waals surface area contributed by atoms with E-state index in [1.54, 1.807) is 6.92 Å². The van der Waals surface area contributed by atoms with Gasteiger partial charge < -0.3 is 11.6 Å². The van der Waals surface area contributed by atoms with Crippen LogP contribution in [0, 0.1) is 5.92 Å². The molecule has 1 atom stereocenters. The maximum atomic E-state index is 10.4. The summed E-state index contributed by atoms with van der Waals surface area (Å²) in [6.07, 6.45) is 0.647. The van der Waals surface area contributed by atoms with Crippen LogP contribution in [0.1, 0.15) is 27.6 Å². The molecule has 0 rings (SSSR count). The zero-order chi connectivity index (χ0) is 8.85. The molecule has 0 heterocycles. The van der Waals surface area contributed by atoms with Crippen LogP contribution in [0.15, 0.2) is 0 Å². The first-order chi connectivity index (χ1) is 5.07. The minimum atomic E-state index is -0.940. The Balaban J connectivity index is -0.000000500. The van der Waals surface area contributed by atoms with E-state index in [0.717, 1.165) is 0 Å². The standard InChI is InChI=1S/C7H12O4.Na.H/c1-2-5(7(10)11)3-4-6(8)9;;/h5H,2-4H2,1H3,(H,8,9)(H,10,11);;/q;+1;-1. The third-order valence-corrected chi connectivity index (χ3v) is 1.55. The van der Waals surface area contributed by atoms with E-state index in [0.29, 0.717) is 6.42 Å². The Labute approximate surface area is 94.7 Å². The molecule has 0 aliphatic carbocycles. The van der Waals surface area contributed by atoms with Crippen LogP contribution >= 0.6 is 0 Å². The van der Waals surface area contributed by atoms with Gasteiger partial charge >= 0.3 is 41.5 Å². The van der Waals surface area contributed by atoms with E-state index in [-0.39, 0.29) is 43.8 Å². The van der Waals surface area contributed by atoms with Crippen LogP contribution in [0.25, 0.3) is 0 Å². The van der Waals surface area contributed by atoms with Gasteiger partial charge in [-0.25, -0.2) is 0 Å². The smallest absolute Gasteiger partial charge is 1.00 e. The molecular weight excluding hydrogens is 171 g/mol. The normalized spacial score (nSPS) is 11.4. The fraction of sp³-hybridized carbons (Fsp3) is 0.714. The van der Waals surface area contributed by atoms with E-state index in [1.165, 1.54) is 0 Å². The molecule has 0 saturated heterocycles. The van der Waals surface area contributed by atoms with Gasteiger partial charge in [-0.05, 0) is 12.8 Å². The Kier molecular flexibility index (Phi) is 9.14. The van der Waals surface area contributed by atoms with Crippen LogP contribution in [0.2, 0.25) is 0 Å². The van der Waals surface area contributed by atoms with Gasteiger partial charge in [-0.2, -0.15) is 0 Å². The summed E-state index contributed by atoms with van der Waals surface area (Å²) >= 11 is 0. The molecule has 2 N–H and O–H groups in total. The fourth-order valence-electron chi connectivity index (χ4n) is 0.800. The minimum absolute atomic E-state index is 0. The second-order valence-electron chi connectivity index (χ2n) is 2.38. The van der Waals surface area contributed by atoms with Gasteiger partial charge in [-0.3, -0.25) is 9.59 Å². The van der Waals surface area contributed by atoms with Gasteiger partial charge in [0, 0.05) is 6.42 Å². The van der Waals surface area contributed by atoms with Crippen molar-refractivity contribution in [1.82, 2.24) is 0 Å². The van der Waals surface area contributed by atoms with Crippen molar-refractivity contribution in [3.05, 3.63) is 0 Å². The van der Waals surface area contributed by atoms with Crippen LogP contribution in [-0.4, -0.2) is 22.2 Å². The van der Waals surface area contributed by atoms with Crippen molar-refractivity contribution >= 4 is 11.9 Å². The second kappa shape index (κ2) is 7.58. The number of rotatable bonds is 5. The topological polar surface area (TPSA) is 74.6 Å². The average molecular weight is 184 g/mol. The molecule has 66 valence electrons. The van der Waals surface area contributed by atoms with Gasteiger partial charge in [0.25, 0.3) is 0 Å². The molecule has 0 saturated carbocycles. The van der Waals surface area contributed by atoms with Crippen molar-refractivity contribution in [3.63, 3.8) is 0 Å². The molecule has 1 unspecified atom stereocenters. The van der Waals surface area contributed by atoms with Crippen LogP contribution < -0.4 is 29.6 Å². The van der Waals surface area contributed by atoms with E-state index in [9.17, 15) is 9.59 Å². The number of carboxylic acid groups (broad SMARTS) is 2. The summed E-state index contributed by atoms with van der Waals surface area (Å²) in [5.41, 5.74) is 0. The SMILES string of the molecule is CCC(CCC(=O)O)C(=O)O.[H-].[Na+]. The third-order valence-electron chi connectivity index (χ3n) is 1.55. The minimum Gasteiger partial charge on any atom is -1.00 e. The van der Waals surface area contributed by atoms with Crippen LogP contribution in [0.5, 0.6) is 0 Å². The molecule has 0 aliphatic heterocycles. The molecule has 0 fully saturated rings. The van der Waals surface area contributed by atoms with Crippen molar-refractivity contribution in [1.29, 1.82) is 0 Å². The number of carbonyl (C=O) groups is 2. The van der Waals surface area contributed by atoms with E-state index in [4.69, 9.17) is 10.2 Å². The first-order valence-electron chi connectivity index (χ1n) is 3.52. The van der Waals surface area contributed by atoms with Crippen molar-refractivity contribution in [2.75, 3.05) is 0 Å². The summed E-state index contributed by atoms with van der Waals surface area (Å²) in [5.74, 6) is -2.36. The molecule has 5 heteroatoms. The number of hydrogen-bond donors (Lipinski definition) is 2. The number of aliphatic carboxylic acids is 2. The van der Waals surface area contributed by atoms with Crippen LogP contribution in [0.4, 0.5) is 0 Å². The van der Waals surface area contributed by atoms with Gasteiger partial charge in [0.2, 0.25) is 0 Å². The van der Waals surface area contributed by atoms with Crippen LogP contribution in [0.3, 0.4) is 0 Å². The van der Waals surface area contributed by atoms with E-state index in [1.807, 2.05) is 0 Å². The monoisotopic (exact) mass is 184 g/mol. The molecule has 0 bridgehead atoms. The molecule has 0 aromatic rings. The summed E-state index contributed by atoms with van der Waals surface area (Å²) in [5, 5.41) is 16.7. The number of carboxylic acids is 2. The fourth-order valence-corrected chi connectivity index (χ4v) is 0.800. The predicted octanol–water partition coefficient (Wildman–Crippen LogP) is -1.92. The Morgan fingerprint density at radius 2 is 1.92 bits per heavy atom. The van der Waals surface area contributed by atoms with Crippen molar-refractivity contribution in [2.45, 2.75) is 26.2 Å². The summed E-state index contributed by atoms with van der Waals surface area (Å²) < 4.78 is 0. The van der Waals surface area contributed by atoms with Gasteiger partial charge in [-0.15, -0.1) is 0 Å². The van der Waals surface area contributed by atoms with E-state index in [2.05, 4.69) is 0 Å². The molecule has 0 radical (unpaired) electrons. The molecular formula is C7H13NaO4. The van der Waals surface area contributed by atoms with E-state index >= 15 is 0 Å². The number of hydrogen-bond acceptors (Lipinski definition) is 2. The van der Waals surface area contributed by atoms with E-state index < -0.39 is 17.9 Å². The average Bonchev–Trinajstić information content (AvgIpc) is 1.87. The van der Waals surface area contributed by atoms with Crippen LogP contribution in [-0.2, 0) is 9.59 Å². The van der Waals surface area contributed by atoms with Gasteiger partial charge in [-0.1, -0.05) is 6.92 Å². The summed E-state index contributed by atoms with van der Waals surface area (Å²) in [6.45, 7) is 1.74. The molecule has 0 aliphatic rings. The summed E-state index contributed by atoms with van der Waals surface area (Å²) in [7, 11) is 0. The zero-order valence-corrected chi connectivity index (χ0v) is 9.41. The van der Waals surface area contributed by atoms with Crippen molar-refractivity contribution in [2.24, 2.45) is 5.92 Å². The Hall–Kier alpha value is -0.0600. The maximum Gasteiger partial charge on any atom is 1.00 e. The molecule has 0 aromatic heterocycles. The van der Waals surface area contributed by atoms with Gasteiger partial charge in [0.05, 0.1) is 5.92 Å². The molecule has 12 heavy (non-hydrogen) atoms. The largest absolute Gasteiger partial charge is 1.00 e. The third kappa shape index (κ3) is 6.64. The summed E-state index contributed by atoms with van der Waals surface area (Å²) in [6, 6.07) is 0. The van der Waals surface area contributed by atoms with Gasteiger partial charge in [0.1, 0.15) is 0 Å². The first kappa shape index (κ1) is 14.5. The quantitative estimate of drug-likeness (QED) is 0.488. The Bertz CT molecular complexity index is 163. The molecule has 0 aromatic carbocycles. The molecule has 0 amide bonds. The predicted molar refractivity (Wildman–Crippen MR) is 39.4 cm³/mol. The molecule has 4 nitrogen and oxygen atoms in total. The Morgan fingerprint density at radius 3 is 2.17 bits per heavy atom. The summed E-state index contributed by atoms with van der Waals surface area (Å²) in [4.78, 5) is 20.4.